The minimum atomic E-state index is -1.24. The third-order valence-electron chi connectivity index (χ3n) is 7.72. The van der Waals surface area contributed by atoms with Crippen LogP contribution in [0.3, 0.4) is 0 Å². The number of fused-ring (bicyclic) bond motifs is 6. The Labute approximate surface area is 233 Å². The Hall–Kier alpha value is -4.65. The van der Waals surface area contributed by atoms with E-state index in [-0.39, 0.29) is 0 Å². The zero-order valence-corrected chi connectivity index (χ0v) is 22.8. The summed E-state index contributed by atoms with van der Waals surface area (Å²) in [6.07, 6.45) is 3.01. The number of pyridine rings is 1. The Morgan fingerprint density at radius 2 is 1.77 bits per heavy atom. The minimum absolute atomic E-state index is 0.394. The molecule has 6 rings (SSSR count). The van der Waals surface area contributed by atoms with Crippen molar-refractivity contribution in [1.29, 1.82) is 0 Å². The van der Waals surface area contributed by atoms with Gasteiger partial charge in [0, 0.05) is 60.0 Å². The van der Waals surface area contributed by atoms with Crippen LogP contribution in [-0.2, 0) is 21.6 Å². The van der Waals surface area contributed by atoms with E-state index in [1.165, 1.54) is 0 Å². The summed E-state index contributed by atoms with van der Waals surface area (Å²) >= 11 is 0. The summed E-state index contributed by atoms with van der Waals surface area (Å²) in [6, 6.07) is 22.6. The van der Waals surface area contributed by atoms with Crippen LogP contribution in [-0.4, -0.2) is 36.4 Å². The number of rotatable bonds is 8. The van der Waals surface area contributed by atoms with Crippen molar-refractivity contribution in [2.75, 3.05) is 23.3 Å². The number of hydrogen-bond acceptors (Lipinski definition) is 7. The molecule has 1 N–H and O–H groups in total. The molecule has 2 unspecified atom stereocenters. The molecule has 0 bridgehead atoms. The first kappa shape index (κ1) is 25.6. The van der Waals surface area contributed by atoms with Crippen molar-refractivity contribution in [3.8, 4) is 11.5 Å². The zero-order valence-electron chi connectivity index (χ0n) is 22.8. The van der Waals surface area contributed by atoms with Gasteiger partial charge in [-0.1, -0.05) is 24.3 Å². The number of aldehydes is 1. The van der Waals surface area contributed by atoms with Gasteiger partial charge in [0.2, 0.25) is 0 Å². The number of carbonyl (C=O) groups is 2. The highest BCUT2D eigenvalue weighted by Gasteiger charge is 2.55. The summed E-state index contributed by atoms with van der Waals surface area (Å²) in [6.45, 7) is 7.92. The van der Waals surface area contributed by atoms with E-state index in [0.717, 1.165) is 47.4 Å². The number of aryl methyl sites for hydroxylation is 1. The summed E-state index contributed by atoms with van der Waals surface area (Å²) in [5.41, 5.74) is 4.88. The first-order chi connectivity index (χ1) is 19.5. The second-order valence-electron chi connectivity index (χ2n) is 10.2. The minimum Gasteiger partial charge on any atom is -0.456 e. The van der Waals surface area contributed by atoms with E-state index in [9.17, 15) is 9.59 Å². The molecule has 2 atom stereocenters. The van der Waals surface area contributed by atoms with Crippen molar-refractivity contribution in [1.82, 2.24) is 4.98 Å². The van der Waals surface area contributed by atoms with Gasteiger partial charge in [0.1, 0.15) is 17.8 Å². The third-order valence-corrected chi connectivity index (χ3v) is 7.72. The van der Waals surface area contributed by atoms with E-state index in [1.54, 1.807) is 12.3 Å². The highest BCUT2D eigenvalue weighted by Crippen LogP contribution is 2.58. The molecule has 2 aliphatic rings. The highest BCUT2D eigenvalue weighted by atomic mass is 16.6. The summed E-state index contributed by atoms with van der Waals surface area (Å²) in [7, 11) is 0. The van der Waals surface area contributed by atoms with Gasteiger partial charge in [0.05, 0.1) is 17.2 Å². The Bertz CT molecular complexity index is 1600. The van der Waals surface area contributed by atoms with Crippen LogP contribution in [0.4, 0.5) is 11.4 Å². The number of anilines is 2. The van der Waals surface area contributed by atoms with Gasteiger partial charge >= 0.3 is 5.97 Å². The Morgan fingerprint density at radius 3 is 2.52 bits per heavy atom. The van der Waals surface area contributed by atoms with Crippen LogP contribution in [0.5, 0.6) is 11.5 Å². The summed E-state index contributed by atoms with van der Waals surface area (Å²) in [4.78, 5) is 32.3. The number of nitrogens with one attached hydrogen (secondary N) is 1. The van der Waals surface area contributed by atoms with Crippen LogP contribution in [0.1, 0.15) is 52.2 Å². The Morgan fingerprint density at radius 1 is 0.975 bits per heavy atom. The maximum absolute atomic E-state index is 13.4. The van der Waals surface area contributed by atoms with Gasteiger partial charge in [-0.25, -0.2) is 4.79 Å². The third kappa shape index (κ3) is 4.09. The molecule has 3 heterocycles. The summed E-state index contributed by atoms with van der Waals surface area (Å²) < 4.78 is 13.0. The van der Waals surface area contributed by atoms with E-state index in [0.29, 0.717) is 34.7 Å². The summed E-state index contributed by atoms with van der Waals surface area (Å²) in [5, 5.41) is 3.43. The lowest BCUT2D eigenvalue weighted by Crippen LogP contribution is -2.35. The van der Waals surface area contributed by atoms with Gasteiger partial charge in [-0.2, -0.15) is 0 Å². The van der Waals surface area contributed by atoms with Crippen LogP contribution in [0, 0.1) is 6.92 Å². The fraction of sp³-hybridized carbons (Fsp3) is 0.242. The molecule has 2 aliphatic heterocycles. The number of ether oxygens (including phenoxy) is 2. The van der Waals surface area contributed by atoms with Gasteiger partial charge < -0.3 is 24.5 Å². The van der Waals surface area contributed by atoms with Gasteiger partial charge in [0.15, 0.2) is 5.60 Å². The lowest BCUT2D eigenvalue weighted by atomic mass is 9.76. The normalized spacial score (nSPS) is 17.2. The molecule has 0 saturated heterocycles. The van der Waals surface area contributed by atoms with Gasteiger partial charge in [0.25, 0.3) is 0 Å². The molecule has 0 saturated carbocycles. The smallest absolute Gasteiger partial charge is 0.340 e. The average Bonchev–Trinajstić information content (AvgIpc) is 3.25. The second-order valence-corrected chi connectivity index (χ2v) is 10.2. The molecule has 202 valence electrons. The number of hydrogen-bond donors (Lipinski definition) is 1. The number of esters is 1. The standard InChI is InChI=1S/C33H31N3O4/c1-4-36(5-2)24-13-14-27-29(19-24)39-30-17-21(3)16-28(35-23(20-37)18-22-10-8-9-15-34-22)31(30)33(27)26-12-7-6-11-25(26)32(38)40-33/h6-17,19-20,23,35H,4-5,18H2,1-3H3. The topological polar surface area (TPSA) is 80.8 Å². The van der Waals surface area contributed by atoms with Crippen LogP contribution < -0.4 is 15.0 Å². The van der Waals surface area contributed by atoms with Gasteiger partial charge in [-0.15, -0.1) is 0 Å². The van der Waals surface area contributed by atoms with Gasteiger partial charge in [-0.05, 0) is 68.8 Å². The first-order valence-corrected chi connectivity index (χ1v) is 13.7. The number of carbonyl (C=O) groups excluding carboxylic acids is 2. The Balaban J connectivity index is 1.55. The fourth-order valence-electron chi connectivity index (χ4n) is 5.92. The highest BCUT2D eigenvalue weighted by molar-refractivity contribution is 5.97. The SMILES string of the molecule is CCN(CC)c1ccc2c(c1)Oc1cc(C)cc(NC(C=O)Cc3ccccn3)c1C21OC(=O)c2ccccc21. The first-order valence-electron chi connectivity index (χ1n) is 13.7. The van der Waals surface area contributed by atoms with Crippen molar-refractivity contribution in [3.05, 3.63) is 113 Å². The predicted molar refractivity (Wildman–Crippen MR) is 154 cm³/mol. The van der Waals surface area contributed by atoms with Crippen LogP contribution in [0.25, 0.3) is 0 Å². The summed E-state index contributed by atoms with van der Waals surface area (Å²) in [5.74, 6) is 0.825. The molecule has 0 amide bonds. The van der Waals surface area contributed by atoms with Crippen molar-refractivity contribution in [3.63, 3.8) is 0 Å². The van der Waals surface area contributed by atoms with Crippen molar-refractivity contribution in [2.45, 2.75) is 38.8 Å². The van der Waals surface area contributed by atoms with Crippen LogP contribution in [0.15, 0.2) is 79.0 Å². The number of benzene rings is 3. The van der Waals surface area contributed by atoms with E-state index >= 15 is 0 Å². The lowest BCUT2D eigenvalue weighted by molar-refractivity contribution is -0.108. The van der Waals surface area contributed by atoms with Crippen LogP contribution in [0.2, 0.25) is 0 Å². The van der Waals surface area contributed by atoms with Gasteiger partial charge in [-0.3, -0.25) is 4.98 Å². The van der Waals surface area contributed by atoms with Crippen molar-refractivity contribution in [2.24, 2.45) is 0 Å². The molecule has 1 aromatic heterocycles. The molecule has 3 aromatic carbocycles. The molecule has 4 aromatic rings. The molecular formula is C33H31N3O4. The van der Waals surface area contributed by atoms with E-state index in [1.807, 2.05) is 73.7 Å². The van der Waals surface area contributed by atoms with E-state index in [2.05, 4.69) is 29.0 Å². The molecule has 0 fully saturated rings. The molecular weight excluding hydrogens is 502 g/mol. The molecule has 0 radical (unpaired) electrons. The maximum atomic E-state index is 13.4. The largest absolute Gasteiger partial charge is 0.456 e. The maximum Gasteiger partial charge on any atom is 0.340 e. The fourth-order valence-corrected chi connectivity index (χ4v) is 5.92. The quantitative estimate of drug-likeness (QED) is 0.219. The second kappa shape index (κ2) is 10.2. The van der Waals surface area contributed by atoms with E-state index < -0.39 is 17.6 Å². The van der Waals surface area contributed by atoms with Crippen LogP contribution >= 0.6 is 0 Å². The monoisotopic (exact) mass is 533 g/mol. The molecule has 7 nitrogen and oxygen atoms in total. The lowest BCUT2D eigenvalue weighted by Gasteiger charge is -2.39. The van der Waals surface area contributed by atoms with Crippen molar-refractivity contribution < 1.29 is 19.1 Å². The molecule has 7 heteroatoms. The number of aromatic nitrogens is 1. The molecule has 1 spiro atoms. The molecule has 0 aliphatic carbocycles. The Kier molecular flexibility index (Phi) is 6.50. The number of nitrogens with zero attached hydrogens (tertiary/aromatic N) is 2. The molecule has 40 heavy (non-hydrogen) atoms. The predicted octanol–water partition coefficient (Wildman–Crippen LogP) is 6.03. The van der Waals surface area contributed by atoms with E-state index in [4.69, 9.17) is 9.47 Å². The zero-order chi connectivity index (χ0) is 27.9. The average molecular weight is 534 g/mol. The van der Waals surface area contributed by atoms with Crippen molar-refractivity contribution >= 4 is 23.6 Å².